The van der Waals surface area contributed by atoms with E-state index in [4.69, 9.17) is 0 Å². The number of unbranched alkanes of at least 4 members (excludes halogenated alkanes) is 1. The molecule has 0 fully saturated rings. The van der Waals surface area contributed by atoms with Crippen LogP contribution in [-0.2, 0) is 6.42 Å². The quantitative estimate of drug-likeness (QED) is 0.506. The molecule has 0 aliphatic heterocycles. The second kappa shape index (κ2) is 11.0. The molecule has 1 N–H and O–H groups in total. The largest absolute Gasteiger partial charge is 0.388 e. The number of aryl methyl sites for hydroxylation is 1. The van der Waals surface area contributed by atoms with Crippen molar-refractivity contribution < 1.29 is 9.59 Å². The predicted octanol–water partition coefficient (Wildman–Crippen LogP) is 5.81. The Kier molecular flexibility index (Phi) is 9.07. The fraction of sp³-hybridized carbons (Fsp3) is 0.304. The van der Waals surface area contributed by atoms with Crippen LogP contribution in [-0.4, -0.2) is 19.1 Å². The van der Waals surface area contributed by atoms with E-state index >= 15 is 0 Å². The minimum absolute atomic E-state index is 0.0762. The molecule has 0 aromatic heterocycles. The third-order valence-electron chi connectivity index (χ3n) is 4.13. The van der Waals surface area contributed by atoms with Gasteiger partial charge in [-0.3, -0.25) is 9.59 Å². The molecule has 0 saturated heterocycles. The molecule has 2 aromatic rings. The molecule has 0 saturated carbocycles. The first-order chi connectivity index (χ1) is 12.4. The van der Waals surface area contributed by atoms with Crippen molar-refractivity contribution in [3.05, 3.63) is 71.3 Å². The summed E-state index contributed by atoms with van der Waals surface area (Å²) in [6.07, 6.45) is 4.34. The van der Waals surface area contributed by atoms with Crippen molar-refractivity contribution in [2.45, 2.75) is 40.0 Å². The molecule has 0 heterocycles. The highest BCUT2D eigenvalue weighted by Crippen LogP contribution is 2.23. The molecule has 0 atom stereocenters. The van der Waals surface area contributed by atoms with E-state index in [1.165, 1.54) is 30.9 Å². The predicted molar refractivity (Wildman–Crippen MR) is 111 cm³/mol. The van der Waals surface area contributed by atoms with Gasteiger partial charge >= 0.3 is 0 Å². The maximum absolute atomic E-state index is 10.9. The van der Waals surface area contributed by atoms with Crippen LogP contribution in [0.2, 0.25) is 0 Å². The second-order valence-corrected chi connectivity index (χ2v) is 6.27. The Morgan fingerprint density at radius 3 is 2.31 bits per heavy atom. The number of benzene rings is 2. The molecule has 2 aromatic carbocycles. The average molecular weight is 351 g/mol. The van der Waals surface area contributed by atoms with Gasteiger partial charge < -0.3 is 5.32 Å². The van der Waals surface area contributed by atoms with Gasteiger partial charge in [0.25, 0.3) is 0 Å². The van der Waals surface area contributed by atoms with E-state index in [0.717, 1.165) is 17.7 Å². The van der Waals surface area contributed by atoms with Crippen molar-refractivity contribution in [1.82, 2.24) is 0 Å². The Balaban J connectivity index is 0.000000273. The highest BCUT2D eigenvalue weighted by molar-refractivity contribution is 6.01. The number of Topliss-reactive ketones (excluding diaryl/α,β-unsaturated/α-hetero) is 1. The van der Waals surface area contributed by atoms with Gasteiger partial charge in [0.05, 0.1) is 0 Å². The summed E-state index contributed by atoms with van der Waals surface area (Å²) in [7, 11) is 1.95. The number of carbonyl (C=O) groups excluding carboxylic acids is 2. The molecule has 138 valence electrons. The first-order valence-corrected chi connectivity index (χ1v) is 8.96. The number of allylic oxidation sites excluding steroid dienone is 1. The van der Waals surface area contributed by atoms with Crippen molar-refractivity contribution >= 4 is 23.3 Å². The SMILES string of the molecule is C=C(C)c1cc(NC)ccc1CCCC.CC(=O)c1ccccc1C=O. The van der Waals surface area contributed by atoms with Crippen LogP contribution in [0.4, 0.5) is 5.69 Å². The summed E-state index contributed by atoms with van der Waals surface area (Å²) in [6.45, 7) is 9.79. The molecule has 0 spiro atoms. The summed E-state index contributed by atoms with van der Waals surface area (Å²) in [4.78, 5) is 21.2. The third-order valence-corrected chi connectivity index (χ3v) is 4.13. The minimum atomic E-state index is -0.0762. The Bertz CT molecular complexity index is 763. The van der Waals surface area contributed by atoms with Crippen LogP contribution >= 0.6 is 0 Å². The lowest BCUT2D eigenvalue weighted by atomic mass is 9.97. The second-order valence-electron chi connectivity index (χ2n) is 6.27. The first kappa shape index (κ1) is 21.4. The van der Waals surface area contributed by atoms with Gasteiger partial charge in [0.2, 0.25) is 0 Å². The maximum atomic E-state index is 10.9. The Morgan fingerprint density at radius 1 is 1.12 bits per heavy atom. The van der Waals surface area contributed by atoms with Gasteiger partial charge in [-0.2, -0.15) is 0 Å². The summed E-state index contributed by atoms with van der Waals surface area (Å²) >= 11 is 0. The topological polar surface area (TPSA) is 46.2 Å². The van der Waals surface area contributed by atoms with E-state index in [-0.39, 0.29) is 5.78 Å². The van der Waals surface area contributed by atoms with Gasteiger partial charge in [-0.15, -0.1) is 0 Å². The van der Waals surface area contributed by atoms with Crippen LogP contribution in [0.25, 0.3) is 5.57 Å². The summed E-state index contributed by atoms with van der Waals surface area (Å²) in [6, 6.07) is 13.3. The van der Waals surface area contributed by atoms with Crippen molar-refractivity contribution in [2.24, 2.45) is 0 Å². The lowest BCUT2D eigenvalue weighted by Gasteiger charge is -2.11. The fourth-order valence-electron chi connectivity index (χ4n) is 2.63. The maximum Gasteiger partial charge on any atom is 0.160 e. The van der Waals surface area contributed by atoms with E-state index in [1.807, 2.05) is 7.05 Å². The Labute approximate surface area is 157 Å². The molecule has 0 bridgehead atoms. The van der Waals surface area contributed by atoms with E-state index in [1.54, 1.807) is 24.3 Å². The molecule has 3 nitrogen and oxygen atoms in total. The van der Waals surface area contributed by atoms with Gasteiger partial charge in [-0.05, 0) is 49.9 Å². The molecular formula is C23H29NO2. The number of carbonyl (C=O) groups is 2. The van der Waals surface area contributed by atoms with Crippen molar-refractivity contribution in [1.29, 1.82) is 0 Å². The Hall–Kier alpha value is -2.68. The number of anilines is 1. The molecule has 0 unspecified atom stereocenters. The zero-order valence-corrected chi connectivity index (χ0v) is 16.3. The van der Waals surface area contributed by atoms with Crippen LogP contribution in [0.1, 0.15) is 65.5 Å². The fourth-order valence-corrected chi connectivity index (χ4v) is 2.63. The highest BCUT2D eigenvalue weighted by Gasteiger charge is 2.04. The van der Waals surface area contributed by atoms with Crippen molar-refractivity contribution in [3.8, 4) is 0 Å². The van der Waals surface area contributed by atoms with Gasteiger partial charge in [0.1, 0.15) is 0 Å². The number of rotatable bonds is 7. The van der Waals surface area contributed by atoms with Crippen molar-refractivity contribution in [2.75, 3.05) is 12.4 Å². The van der Waals surface area contributed by atoms with Crippen LogP contribution in [0.15, 0.2) is 49.0 Å². The van der Waals surface area contributed by atoms with E-state index in [0.29, 0.717) is 17.4 Å². The highest BCUT2D eigenvalue weighted by atomic mass is 16.1. The summed E-state index contributed by atoms with van der Waals surface area (Å²) < 4.78 is 0. The van der Waals surface area contributed by atoms with Crippen LogP contribution < -0.4 is 5.32 Å². The van der Waals surface area contributed by atoms with Gasteiger partial charge in [-0.25, -0.2) is 0 Å². The molecule has 3 heteroatoms. The molecule has 0 aliphatic rings. The standard InChI is InChI=1S/C14H21N.C9H8O2/c1-5-6-7-12-8-9-13(15-4)10-14(12)11(2)3;1-7(11)9-5-3-2-4-8(9)6-10/h8-10,15H,2,5-7H2,1,3-4H3;2-6H,1H3. The molecule has 2 rings (SSSR count). The molecule has 0 radical (unpaired) electrons. The Morgan fingerprint density at radius 2 is 1.81 bits per heavy atom. The smallest absolute Gasteiger partial charge is 0.160 e. The lowest BCUT2D eigenvalue weighted by Crippen LogP contribution is -1.97. The third kappa shape index (κ3) is 6.32. The lowest BCUT2D eigenvalue weighted by molar-refractivity contribution is 0.101. The molecule has 0 aliphatic carbocycles. The zero-order chi connectivity index (χ0) is 19.5. The first-order valence-electron chi connectivity index (χ1n) is 8.96. The number of nitrogens with one attached hydrogen (secondary N) is 1. The zero-order valence-electron chi connectivity index (χ0n) is 16.3. The molecular weight excluding hydrogens is 322 g/mol. The van der Waals surface area contributed by atoms with E-state index < -0.39 is 0 Å². The van der Waals surface area contributed by atoms with E-state index in [9.17, 15) is 9.59 Å². The minimum Gasteiger partial charge on any atom is -0.388 e. The molecule has 0 amide bonds. The van der Waals surface area contributed by atoms with Gasteiger partial charge in [0, 0.05) is 23.9 Å². The summed E-state index contributed by atoms with van der Waals surface area (Å²) in [5, 5.41) is 3.16. The van der Waals surface area contributed by atoms with Gasteiger partial charge in [0.15, 0.2) is 12.1 Å². The van der Waals surface area contributed by atoms with Crippen molar-refractivity contribution in [3.63, 3.8) is 0 Å². The summed E-state index contributed by atoms with van der Waals surface area (Å²) in [5.41, 5.74) is 5.98. The number of hydrogen-bond donors (Lipinski definition) is 1. The normalized spacial score (nSPS) is 9.69. The van der Waals surface area contributed by atoms with Crippen LogP contribution in [0.3, 0.4) is 0 Å². The monoisotopic (exact) mass is 351 g/mol. The van der Waals surface area contributed by atoms with Crippen LogP contribution in [0.5, 0.6) is 0 Å². The van der Waals surface area contributed by atoms with Gasteiger partial charge in [-0.1, -0.05) is 55.8 Å². The molecule has 26 heavy (non-hydrogen) atoms. The average Bonchev–Trinajstić information content (AvgIpc) is 2.66. The number of hydrogen-bond acceptors (Lipinski definition) is 3. The van der Waals surface area contributed by atoms with Crippen LogP contribution in [0, 0.1) is 0 Å². The number of ketones is 1. The summed E-state index contributed by atoms with van der Waals surface area (Å²) in [5.74, 6) is -0.0762. The van der Waals surface area contributed by atoms with E-state index in [2.05, 4.69) is 43.9 Å². The number of aldehydes is 1.